The third-order valence-corrected chi connectivity index (χ3v) is 6.19. The third-order valence-electron chi connectivity index (χ3n) is 3.73. The van der Waals surface area contributed by atoms with Crippen LogP contribution >= 0.6 is 27.7 Å². The molecule has 3 rings (SSSR count). The molecular weight excluding hydrogens is 298 g/mol. The minimum absolute atomic E-state index is 0.662. The van der Waals surface area contributed by atoms with Gasteiger partial charge in [-0.3, -0.25) is 9.89 Å². The zero-order valence-electron chi connectivity index (χ0n) is 10.1. The molecule has 0 radical (unpaired) electrons. The van der Waals surface area contributed by atoms with Crippen LogP contribution in [0.3, 0.4) is 0 Å². The van der Waals surface area contributed by atoms with Gasteiger partial charge >= 0.3 is 0 Å². The summed E-state index contributed by atoms with van der Waals surface area (Å²) in [6.07, 6.45) is 2.94. The Morgan fingerprint density at radius 1 is 1.24 bits per heavy atom. The molecule has 2 heterocycles. The molecule has 2 aliphatic heterocycles. The second-order valence-corrected chi connectivity index (χ2v) is 7.16. The Hall–Kier alpha value is 0.260. The summed E-state index contributed by atoms with van der Waals surface area (Å²) in [6, 6.07) is 0. The largest absolute Gasteiger partial charge is 0.349 e. The van der Waals surface area contributed by atoms with Gasteiger partial charge in [0.25, 0.3) is 0 Å². The number of halogens is 1. The van der Waals surface area contributed by atoms with E-state index < -0.39 is 0 Å². The maximum absolute atomic E-state index is 4.67. The van der Waals surface area contributed by atoms with E-state index in [9.17, 15) is 0 Å². The van der Waals surface area contributed by atoms with Gasteiger partial charge in [0.2, 0.25) is 0 Å². The molecule has 1 saturated carbocycles. The lowest BCUT2D eigenvalue weighted by Gasteiger charge is -2.35. The molecule has 0 aromatic carbocycles. The van der Waals surface area contributed by atoms with E-state index in [2.05, 4.69) is 30.7 Å². The molecule has 0 aromatic heterocycles. The van der Waals surface area contributed by atoms with Crippen LogP contribution in [0.4, 0.5) is 0 Å². The van der Waals surface area contributed by atoms with Crippen LogP contribution in [-0.2, 0) is 0 Å². The molecule has 2 fully saturated rings. The van der Waals surface area contributed by atoms with Crippen molar-refractivity contribution in [2.45, 2.75) is 18.1 Å². The average molecular weight is 318 g/mol. The lowest BCUT2D eigenvalue weighted by atomic mass is 10.3. The number of piperazine rings is 1. The van der Waals surface area contributed by atoms with Gasteiger partial charge in [0.1, 0.15) is 0 Å². The first-order valence-electron chi connectivity index (χ1n) is 6.59. The first-order valence-corrected chi connectivity index (χ1v) is 8.59. The molecule has 1 unspecified atom stereocenters. The summed E-state index contributed by atoms with van der Waals surface area (Å²) in [5.74, 6) is 1.03. The number of hydrogen-bond donors (Lipinski definition) is 0. The Labute approximate surface area is 116 Å². The van der Waals surface area contributed by atoms with E-state index in [0.717, 1.165) is 17.8 Å². The van der Waals surface area contributed by atoms with Gasteiger partial charge in [-0.05, 0) is 18.8 Å². The average Bonchev–Trinajstić information content (AvgIpc) is 3.05. The molecule has 96 valence electrons. The van der Waals surface area contributed by atoms with Crippen molar-refractivity contribution in [3.05, 3.63) is 0 Å². The van der Waals surface area contributed by atoms with E-state index in [1.807, 2.05) is 11.8 Å². The Morgan fingerprint density at radius 2 is 2.00 bits per heavy atom. The van der Waals surface area contributed by atoms with Crippen LogP contribution in [0, 0.1) is 5.92 Å². The van der Waals surface area contributed by atoms with Gasteiger partial charge < -0.3 is 4.90 Å². The van der Waals surface area contributed by atoms with Crippen LogP contribution in [0.5, 0.6) is 0 Å². The normalized spacial score (nSPS) is 30.8. The lowest BCUT2D eigenvalue weighted by Crippen LogP contribution is -2.48. The summed E-state index contributed by atoms with van der Waals surface area (Å²) in [4.78, 5) is 9.79. The molecule has 3 nitrogen and oxygen atoms in total. The molecule has 0 amide bonds. The number of alkyl halides is 1. The summed E-state index contributed by atoms with van der Waals surface area (Å²) in [5, 5.41) is 3.02. The van der Waals surface area contributed by atoms with E-state index in [1.165, 1.54) is 50.7 Å². The van der Waals surface area contributed by atoms with Crippen molar-refractivity contribution < 1.29 is 0 Å². The van der Waals surface area contributed by atoms with Crippen LogP contribution in [-0.4, -0.2) is 64.8 Å². The second kappa shape index (κ2) is 5.49. The maximum atomic E-state index is 4.67. The molecule has 5 heteroatoms. The summed E-state index contributed by atoms with van der Waals surface area (Å²) >= 11 is 5.51. The molecule has 3 aliphatic rings. The smallest absolute Gasteiger partial charge is 0.159 e. The fraction of sp³-hybridized carbons (Fsp3) is 0.917. The van der Waals surface area contributed by atoms with Gasteiger partial charge in [0.05, 0.1) is 6.54 Å². The zero-order chi connectivity index (χ0) is 11.7. The van der Waals surface area contributed by atoms with Crippen molar-refractivity contribution in [2.75, 3.05) is 44.6 Å². The van der Waals surface area contributed by atoms with Crippen LogP contribution in [0.15, 0.2) is 4.99 Å². The van der Waals surface area contributed by atoms with Crippen LogP contribution in [0.1, 0.15) is 12.8 Å². The number of thioether (sulfide) groups is 1. The van der Waals surface area contributed by atoms with Gasteiger partial charge in [-0.1, -0.05) is 27.7 Å². The fourth-order valence-corrected chi connectivity index (χ4v) is 4.04. The molecule has 17 heavy (non-hydrogen) atoms. The SMILES string of the molecule is BrCC1CN=C(N2CCN(CC3CC3)CC2)S1. The Kier molecular flexibility index (Phi) is 3.97. The van der Waals surface area contributed by atoms with Gasteiger partial charge in [0, 0.05) is 43.3 Å². The highest BCUT2D eigenvalue weighted by Gasteiger charge is 2.29. The highest BCUT2D eigenvalue weighted by molar-refractivity contribution is 9.09. The summed E-state index contributed by atoms with van der Waals surface area (Å²) in [5.41, 5.74) is 0. The molecule has 0 N–H and O–H groups in total. The Bertz CT molecular complexity index is 298. The van der Waals surface area contributed by atoms with Crippen LogP contribution < -0.4 is 0 Å². The van der Waals surface area contributed by atoms with E-state index in [-0.39, 0.29) is 0 Å². The van der Waals surface area contributed by atoms with Crippen molar-refractivity contribution in [2.24, 2.45) is 10.9 Å². The van der Waals surface area contributed by atoms with Crippen molar-refractivity contribution in [3.8, 4) is 0 Å². The maximum Gasteiger partial charge on any atom is 0.159 e. The van der Waals surface area contributed by atoms with E-state index >= 15 is 0 Å². The number of rotatable bonds is 3. The summed E-state index contributed by atoms with van der Waals surface area (Å²) in [7, 11) is 0. The van der Waals surface area contributed by atoms with Crippen molar-refractivity contribution >= 4 is 32.9 Å². The summed E-state index contributed by atoms with van der Waals surface area (Å²) < 4.78 is 0. The van der Waals surface area contributed by atoms with Gasteiger partial charge in [-0.15, -0.1) is 0 Å². The Balaban J connectivity index is 1.44. The molecule has 1 atom stereocenters. The number of hydrogen-bond acceptors (Lipinski definition) is 4. The quantitative estimate of drug-likeness (QED) is 0.741. The standard InChI is InChI=1S/C12H20BrN3S/c13-7-11-8-14-12(17-11)16-5-3-15(4-6-16)9-10-1-2-10/h10-11H,1-9H2. The number of nitrogens with zero attached hydrogens (tertiary/aromatic N) is 3. The predicted molar refractivity (Wildman–Crippen MR) is 78.2 cm³/mol. The fourth-order valence-electron chi connectivity index (χ4n) is 2.45. The van der Waals surface area contributed by atoms with Crippen LogP contribution in [0.2, 0.25) is 0 Å². The molecule has 1 saturated heterocycles. The van der Waals surface area contributed by atoms with Crippen molar-refractivity contribution in [3.63, 3.8) is 0 Å². The third kappa shape index (κ3) is 3.18. The van der Waals surface area contributed by atoms with Crippen molar-refractivity contribution in [1.82, 2.24) is 9.80 Å². The monoisotopic (exact) mass is 317 g/mol. The van der Waals surface area contributed by atoms with E-state index in [0.29, 0.717) is 5.25 Å². The molecule has 0 aromatic rings. The highest BCUT2D eigenvalue weighted by atomic mass is 79.9. The second-order valence-electron chi connectivity index (χ2n) is 5.25. The molecule has 1 aliphatic carbocycles. The minimum Gasteiger partial charge on any atom is -0.349 e. The van der Waals surface area contributed by atoms with Crippen molar-refractivity contribution in [1.29, 1.82) is 0 Å². The molecule has 0 spiro atoms. The van der Waals surface area contributed by atoms with Gasteiger partial charge in [-0.2, -0.15) is 0 Å². The Morgan fingerprint density at radius 3 is 2.59 bits per heavy atom. The molecular formula is C12H20BrN3S. The first kappa shape index (κ1) is 12.3. The predicted octanol–water partition coefficient (Wildman–Crippen LogP) is 1.88. The zero-order valence-corrected chi connectivity index (χ0v) is 12.5. The lowest BCUT2D eigenvalue weighted by molar-refractivity contribution is 0.178. The topological polar surface area (TPSA) is 18.8 Å². The molecule has 0 bridgehead atoms. The van der Waals surface area contributed by atoms with Crippen LogP contribution in [0.25, 0.3) is 0 Å². The van der Waals surface area contributed by atoms with E-state index in [4.69, 9.17) is 0 Å². The first-order chi connectivity index (χ1) is 8.35. The summed E-state index contributed by atoms with van der Waals surface area (Å²) in [6.45, 7) is 7.15. The number of aliphatic imine (C=N–C) groups is 1. The number of amidine groups is 1. The minimum atomic E-state index is 0.662. The van der Waals surface area contributed by atoms with E-state index in [1.54, 1.807) is 0 Å². The van der Waals surface area contributed by atoms with Gasteiger partial charge in [-0.25, -0.2) is 0 Å². The highest BCUT2D eigenvalue weighted by Crippen LogP contribution is 2.30. The van der Waals surface area contributed by atoms with Gasteiger partial charge in [0.15, 0.2) is 5.17 Å².